The van der Waals surface area contributed by atoms with Crippen LogP contribution in [0.3, 0.4) is 0 Å². The maximum Gasteiger partial charge on any atom is 0.264 e. The van der Waals surface area contributed by atoms with Gasteiger partial charge in [-0.05, 0) is 35.4 Å². The highest BCUT2D eigenvalue weighted by molar-refractivity contribution is 7.90. The minimum absolute atomic E-state index is 0.0691. The summed E-state index contributed by atoms with van der Waals surface area (Å²) in [4.78, 5) is 13.0. The van der Waals surface area contributed by atoms with E-state index in [2.05, 4.69) is 4.72 Å². The van der Waals surface area contributed by atoms with E-state index >= 15 is 0 Å². The Hall–Kier alpha value is -2.67. The van der Waals surface area contributed by atoms with Gasteiger partial charge in [0.1, 0.15) is 5.54 Å². The quantitative estimate of drug-likeness (QED) is 0.648. The number of rotatable bonds is 6. The molecule has 0 bridgehead atoms. The number of hydrogen-bond donors (Lipinski definition) is 2. The topological polar surface area (TPSA) is 89.3 Å². The van der Waals surface area contributed by atoms with Gasteiger partial charge in [0.2, 0.25) is 0 Å². The number of halogens is 1. The van der Waals surface area contributed by atoms with E-state index in [0.29, 0.717) is 10.6 Å². The summed E-state index contributed by atoms with van der Waals surface area (Å²) in [6.45, 7) is 0. The fourth-order valence-corrected chi connectivity index (χ4v) is 4.02. The second kappa shape index (κ2) is 8.14. The van der Waals surface area contributed by atoms with Crippen molar-refractivity contribution >= 4 is 27.5 Å². The van der Waals surface area contributed by atoms with Crippen LogP contribution >= 0.6 is 11.6 Å². The molecule has 144 valence electrons. The van der Waals surface area contributed by atoms with E-state index in [1.807, 2.05) is 30.3 Å². The van der Waals surface area contributed by atoms with Crippen molar-refractivity contribution < 1.29 is 13.2 Å². The molecule has 0 aliphatic heterocycles. The standard InChI is InChI=1S/C21H19ClN2O3S/c22-18-11-13-19(14-12-18)28(26,27)24-20(25)21(23,17-9-5-2-6-10-17)15-16-7-3-1-4-8-16/h1-14H,15,23H2,(H,24,25)/t21-/m1/s1. The van der Waals surface area contributed by atoms with Crippen LogP contribution in [0.2, 0.25) is 5.02 Å². The average Bonchev–Trinajstić information content (AvgIpc) is 2.69. The van der Waals surface area contributed by atoms with Crippen molar-refractivity contribution in [1.29, 1.82) is 0 Å². The summed E-state index contributed by atoms with van der Waals surface area (Å²) in [7, 11) is -4.10. The highest BCUT2D eigenvalue weighted by atomic mass is 35.5. The lowest BCUT2D eigenvalue weighted by Crippen LogP contribution is -2.54. The molecule has 3 N–H and O–H groups in total. The number of carbonyl (C=O) groups excluding carboxylic acids is 1. The third-order valence-electron chi connectivity index (χ3n) is 4.37. The van der Waals surface area contributed by atoms with Gasteiger partial charge >= 0.3 is 0 Å². The second-order valence-electron chi connectivity index (χ2n) is 6.39. The van der Waals surface area contributed by atoms with Crippen LogP contribution in [0.15, 0.2) is 89.8 Å². The maximum atomic E-state index is 13.1. The number of nitrogens with two attached hydrogens (primary N) is 1. The average molecular weight is 415 g/mol. The summed E-state index contributed by atoms with van der Waals surface area (Å²) in [6.07, 6.45) is 0.139. The van der Waals surface area contributed by atoms with Crippen LogP contribution in [-0.2, 0) is 26.8 Å². The Balaban J connectivity index is 1.96. The zero-order chi connectivity index (χ0) is 20.2. The van der Waals surface area contributed by atoms with Crippen molar-refractivity contribution in [2.24, 2.45) is 5.73 Å². The molecule has 0 saturated carbocycles. The van der Waals surface area contributed by atoms with Crippen molar-refractivity contribution in [3.63, 3.8) is 0 Å². The SMILES string of the molecule is N[C@@](Cc1ccccc1)(C(=O)NS(=O)(=O)c1ccc(Cl)cc1)c1ccccc1. The van der Waals surface area contributed by atoms with Gasteiger partial charge in [0.25, 0.3) is 15.9 Å². The molecule has 0 fully saturated rings. The van der Waals surface area contributed by atoms with E-state index < -0.39 is 21.5 Å². The zero-order valence-electron chi connectivity index (χ0n) is 14.9. The molecule has 0 aromatic heterocycles. The van der Waals surface area contributed by atoms with Gasteiger partial charge in [-0.1, -0.05) is 72.3 Å². The fraction of sp³-hybridized carbons (Fsp3) is 0.0952. The molecule has 0 heterocycles. The summed E-state index contributed by atoms with van der Waals surface area (Å²) >= 11 is 5.81. The summed E-state index contributed by atoms with van der Waals surface area (Å²) < 4.78 is 27.4. The molecule has 0 unspecified atom stereocenters. The molecule has 7 heteroatoms. The van der Waals surface area contributed by atoms with Gasteiger partial charge in [-0.3, -0.25) is 4.79 Å². The second-order valence-corrected chi connectivity index (χ2v) is 8.51. The van der Waals surface area contributed by atoms with Crippen LogP contribution < -0.4 is 10.5 Å². The zero-order valence-corrected chi connectivity index (χ0v) is 16.5. The summed E-state index contributed by atoms with van der Waals surface area (Å²) in [5, 5.41) is 0.395. The number of benzene rings is 3. The first-order chi connectivity index (χ1) is 13.3. The molecular formula is C21H19ClN2O3S. The Kier molecular flexibility index (Phi) is 5.84. The van der Waals surface area contributed by atoms with Gasteiger partial charge in [-0.2, -0.15) is 0 Å². The minimum Gasteiger partial charge on any atom is -0.313 e. The lowest BCUT2D eigenvalue weighted by Gasteiger charge is -2.29. The molecule has 0 aliphatic carbocycles. The van der Waals surface area contributed by atoms with Crippen molar-refractivity contribution in [1.82, 2.24) is 4.72 Å². The molecule has 0 aliphatic rings. The van der Waals surface area contributed by atoms with Crippen LogP contribution in [0, 0.1) is 0 Å². The van der Waals surface area contributed by atoms with Gasteiger partial charge in [0.15, 0.2) is 0 Å². The number of carbonyl (C=O) groups is 1. The van der Waals surface area contributed by atoms with Gasteiger partial charge < -0.3 is 5.73 Å². The van der Waals surface area contributed by atoms with E-state index in [-0.39, 0.29) is 11.3 Å². The molecule has 0 saturated heterocycles. The molecule has 3 aromatic carbocycles. The lowest BCUT2D eigenvalue weighted by molar-refractivity contribution is -0.124. The first kappa shape index (κ1) is 20.1. The van der Waals surface area contributed by atoms with Crippen molar-refractivity contribution in [2.45, 2.75) is 16.9 Å². The monoisotopic (exact) mass is 414 g/mol. The number of hydrogen-bond acceptors (Lipinski definition) is 4. The van der Waals surface area contributed by atoms with Crippen molar-refractivity contribution in [3.8, 4) is 0 Å². The maximum absolute atomic E-state index is 13.1. The molecule has 28 heavy (non-hydrogen) atoms. The molecule has 3 aromatic rings. The van der Waals surface area contributed by atoms with Crippen LogP contribution in [0.4, 0.5) is 0 Å². The van der Waals surface area contributed by atoms with Gasteiger partial charge in [0, 0.05) is 11.4 Å². The van der Waals surface area contributed by atoms with Crippen molar-refractivity contribution in [2.75, 3.05) is 0 Å². The summed E-state index contributed by atoms with van der Waals surface area (Å²) in [5.74, 6) is -0.808. The molecular weight excluding hydrogens is 396 g/mol. The van der Waals surface area contributed by atoms with E-state index in [9.17, 15) is 13.2 Å². The molecule has 5 nitrogen and oxygen atoms in total. The Morgan fingerprint density at radius 2 is 1.43 bits per heavy atom. The molecule has 1 amide bonds. The van der Waals surface area contributed by atoms with Crippen LogP contribution in [0.25, 0.3) is 0 Å². The highest BCUT2D eigenvalue weighted by Gasteiger charge is 2.38. The normalized spacial score (nSPS) is 13.5. The number of nitrogens with one attached hydrogen (secondary N) is 1. The number of amides is 1. The summed E-state index contributed by atoms with van der Waals surface area (Å²) in [5.41, 5.74) is 6.27. The predicted octanol–water partition coefficient (Wildman–Crippen LogP) is 3.24. The third-order valence-corrected chi connectivity index (χ3v) is 5.97. The molecule has 0 radical (unpaired) electrons. The largest absolute Gasteiger partial charge is 0.313 e. The van der Waals surface area contributed by atoms with Crippen LogP contribution in [0.5, 0.6) is 0 Å². The van der Waals surface area contributed by atoms with Crippen LogP contribution in [0.1, 0.15) is 11.1 Å². The Bertz CT molecular complexity index is 1060. The first-order valence-corrected chi connectivity index (χ1v) is 10.4. The smallest absolute Gasteiger partial charge is 0.264 e. The van der Waals surface area contributed by atoms with Gasteiger partial charge in [-0.15, -0.1) is 0 Å². The Labute approximate surface area is 169 Å². The van der Waals surface area contributed by atoms with E-state index in [4.69, 9.17) is 17.3 Å². The van der Waals surface area contributed by atoms with E-state index in [1.54, 1.807) is 30.3 Å². The predicted molar refractivity (Wildman–Crippen MR) is 109 cm³/mol. The third kappa shape index (κ3) is 4.42. The minimum atomic E-state index is -4.10. The van der Waals surface area contributed by atoms with Crippen molar-refractivity contribution in [3.05, 3.63) is 101 Å². The lowest BCUT2D eigenvalue weighted by atomic mass is 9.84. The van der Waals surface area contributed by atoms with E-state index in [0.717, 1.165) is 5.56 Å². The Morgan fingerprint density at radius 3 is 2.00 bits per heavy atom. The fourth-order valence-electron chi connectivity index (χ4n) is 2.85. The number of sulfonamides is 1. The highest BCUT2D eigenvalue weighted by Crippen LogP contribution is 2.25. The Morgan fingerprint density at radius 1 is 0.893 bits per heavy atom. The summed E-state index contributed by atoms with van der Waals surface area (Å²) in [6, 6.07) is 23.5. The van der Waals surface area contributed by atoms with Crippen LogP contribution in [-0.4, -0.2) is 14.3 Å². The van der Waals surface area contributed by atoms with E-state index in [1.165, 1.54) is 24.3 Å². The first-order valence-electron chi connectivity index (χ1n) is 8.52. The van der Waals surface area contributed by atoms with Gasteiger partial charge in [-0.25, -0.2) is 13.1 Å². The molecule has 3 rings (SSSR count). The molecule has 1 atom stereocenters. The molecule has 0 spiro atoms. The van der Waals surface area contributed by atoms with Gasteiger partial charge in [0.05, 0.1) is 4.90 Å².